The maximum Gasteiger partial charge on any atom is 0.140 e. The van der Waals surface area contributed by atoms with Gasteiger partial charge in [-0.1, -0.05) is 31.5 Å². The number of aromatic nitrogens is 2. The standard InChI is InChI=1S/C9H6ClIN2.C2H6/c1-5-2-3-6-8(7(5)11)12-4-13-9(6)10;1-2/h2-4H,1H3;1-2H3. The van der Waals surface area contributed by atoms with E-state index in [2.05, 4.69) is 39.5 Å². The molecule has 0 amide bonds. The third kappa shape index (κ3) is 2.58. The van der Waals surface area contributed by atoms with E-state index in [9.17, 15) is 0 Å². The van der Waals surface area contributed by atoms with E-state index in [0.29, 0.717) is 5.15 Å². The zero-order valence-corrected chi connectivity index (χ0v) is 11.8. The molecule has 0 unspecified atom stereocenters. The van der Waals surface area contributed by atoms with Crippen LogP contribution in [0.25, 0.3) is 10.9 Å². The van der Waals surface area contributed by atoms with Crippen LogP contribution < -0.4 is 0 Å². The van der Waals surface area contributed by atoms with Crippen molar-refractivity contribution in [3.63, 3.8) is 0 Å². The monoisotopic (exact) mass is 334 g/mol. The summed E-state index contributed by atoms with van der Waals surface area (Å²) in [6, 6.07) is 3.98. The molecule has 1 aromatic carbocycles. The van der Waals surface area contributed by atoms with E-state index in [1.807, 2.05) is 26.0 Å². The van der Waals surface area contributed by atoms with Gasteiger partial charge in [-0.2, -0.15) is 0 Å². The van der Waals surface area contributed by atoms with Gasteiger partial charge >= 0.3 is 0 Å². The summed E-state index contributed by atoms with van der Waals surface area (Å²) in [6.07, 6.45) is 1.49. The fraction of sp³-hybridized carbons (Fsp3) is 0.273. The lowest BCUT2D eigenvalue weighted by molar-refractivity contribution is 1.21. The minimum absolute atomic E-state index is 0.517. The number of halogens is 2. The Morgan fingerprint density at radius 1 is 1.20 bits per heavy atom. The van der Waals surface area contributed by atoms with Crippen molar-refractivity contribution in [1.82, 2.24) is 9.97 Å². The van der Waals surface area contributed by atoms with E-state index in [-0.39, 0.29) is 0 Å². The Balaban J connectivity index is 0.000000531. The number of rotatable bonds is 0. The van der Waals surface area contributed by atoms with Crippen molar-refractivity contribution in [3.8, 4) is 0 Å². The van der Waals surface area contributed by atoms with Crippen LogP contribution in [0.15, 0.2) is 18.5 Å². The summed E-state index contributed by atoms with van der Waals surface area (Å²) in [5.41, 5.74) is 2.14. The van der Waals surface area contributed by atoms with Gasteiger partial charge in [0.05, 0.1) is 5.52 Å². The Bertz CT molecular complexity index is 471. The quantitative estimate of drug-likeness (QED) is 0.532. The van der Waals surface area contributed by atoms with Gasteiger partial charge in [-0.05, 0) is 41.1 Å². The molecule has 0 bridgehead atoms. The summed E-state index contributed by atoms with van der Waals surface area (Å²) < 4.78 is 1.14. The molecule has 2 aromatic rings. The molecule has 0 saturated carbocycles. The Labute approximate surface area is 108 Å². The Morgan fingerprint density at radius 3 is 2.53 bits per heavy atom. The van der Waals surface area contributed by atoms with Crippen molar-refractivity contribution in [2.45, 2.75) is 20.8 Å². The van der Waals surface area contributed by atoms with E-state index in [0.717, 1.165) is 14.5 Å². The summed E-state index contributed by atoms with van der Waals surface area (Å²) in [5.74, 6) is 0. The van der Waals surface area contributed by atoms with Gasteiger partial charge in [0, 0.05) is 8.96 Å². The summed E-state index contributed by atoms with van der Waals surface area (Å²) in [5, 5.41) is 1.43. The molecule has 0 aliphatic heterocycles. The number of hydrogen-bond donors (Lipinski definition) is 0. The van der Waals surface area contributed by atoms with Crippen molar-refractivity contribution in [2.24, 2.45) is 0 Å². The van der Waals surface area contributed by atoms with Crippen molar-refractivity contribution in [1.29, 1.82) is 0 Å². The van der Waals surface area contributed by atoms with Crippen LogP contribution in [-0.2, 0) is 0 Å². The van der Waals surface area contributed by atoms with Crippen LogP contribution in [0.2, 0.25) is 5.15 Å². The molecule has 80 valence electrons. The van der Waals surface area contributed by atoms with Crippen LogP contribution >= 0.6 is 34.2 Å². The molecule has 4 heteroatoms. The SMILES string of the molecule is CC.Cc1ccc2c(Cl)ncnc2c1I. The van der Waals surface area contributed by atoms with E-state index < -0.39 is 0 Å². The predicted octanol–water partition coefficient (Wildman–Crippen LogP) is 4.22. The van der Waals surface area contributed by atoms with Gasteiger partial charge in [0.1, 0.15) is 11.5 Å². The van der Waals surface area contributed by atoms with Crippen LogP contribution in [-0.4, -0.2) is 9.97 Å². The zero-order chi connectivity index (χ0) is 11.4. The first-order chi connectivity index (χ1) is 7.20. The molecule has 0 aliphatic rings. The molecule has 0 aliphatic carbocycles. The van der Waals surface area contributed by atoms with Gasteiger partial charge in [-0.3, -0.25) is 0 Å². The molecule has 2 rings (SSSR count). The molecule has 0 spiro atoms. The highest BCUT2D eigenvalue weighted by molar-refractivity contribution is 14.1. The fourth-order valence-corrected chi connectivity index (χ4v) is 1.97. The molecule has 0 atom stereocenters. The Hall–Kier alpha value is -0.420. The van der Waals surface area contributed by atoms with Crippen molar-refractivity contribution >= 4 is 45.1 Å². The van der Waals surface area contributed by atoms with E-state index in [1.54, 1.807) is 0 Å². The summed E-state index contributed by atoms with van der Waals surface area (Å²) in [7, 11) is 0. The Kier molecular flexibility index (Phi) is 4.73. The molecule has 0 fully saturated rings. The first-order valence-electron chi connectivity index (χ1n) is 4.75. The third-order valence-electron chi connectivity index (χ3n) is 1.89. The van der Waals surface area contributed by atoms with Crippen LogP contribution in [0.4, 0.5) is 0 Å². The second-order valence-electron chi connectivity index (χ2n) is 2.76. The number of fused-ring (bicyclic) bond motifs is 1. The van der Waals surface area contributed by atoms with Crippen LogP contribution in [0.5, 0.6) is 0 Å². The Morgan fingerprint density at radius 2 is 1.87 bits per heavy atom. The largest absolute Gasteiger partial charge is 0.235 e. The summed E-state index contributed by atoms with van der Waals surface area (Å²) in [6.45, 7) is 6.05. The predicted molar refractivity (Wildman–Crippen MR) is 73.4 cm³/mol. The second kappa shape index (κ2) is 5.61. The highest BCUT2D eigenvalue weighted by atomic mass is 127. The third-order valence-corrected chi connectivity index (χ3v) is 3.55. The van der Waals surface area contributed by atoms with Crippen LogP contribution in [0.1, 0.15) is 19.4 Å². The van der Waals surface area contributed by atoms with Crippen LogP contribution in [0, 0.1) is 10.5 Å². The van der Waals surface area contributed by atoms with Gasteiger partial charge in [0.15, 0.2) is 0 Å². The molecular formula is C11H12ClIN2. The van der Waals surface area contributed by atoms with Gasteiger partial charge < -0.3 is 0 Å². The lowest BCUT2D eigenvalue weighted by atomic mass is 10.2. The van der Waals surface area contributed by atoms with E-state index in [1.165, 1.54) is 11.9 Å². The molecule has 1 aromatic heterocycles. The molecule has 0 saturated heterocycles. The fourth-order valence-electron chi connectivity index (χ4n) is 1.16. The normalized spacial score (nSPS) is 9.67. The lowest BCUT2D eigenvalue weighted by Crippen LogP contribution is -1.89. The maximum atomic E-state index is 5.93. The van der Waals surface area contributed by atoms with Gasteiger partial charge in [0.2, 0.25) is 0 Å². The maximum absolute atomic E-state index is 5.93. The number of benzene rings is 1. The average Bonchev–Trinajstić information content (AvgIpc) is 2.27. The highest BCUT2D eigenvalue weighted by Gasteiger charge is 2.05. The summed E-state index contributed by atoms with van der Waals surface area (Å²) in [4.78, 5) is 8.13. The van der Waals surface area contributed by atoms with Gasteiger partial charge in [0.25, 0.3) is 0 Å². The molecular weight excluding hydrogens is 322 g/mol. The van der Waals surface area contributed by atoms with E-state index in [4.69, 9.17) is 11.6 Å². The number of aryl methyl sites for hydroxylation is 1. The highest BCUT2D eigenvalue weighted by Crippen LogP contribution is 2.25. The van der Waals surface area contributed by atoms with E-state index >= 15 is 0 Å². The second-order valence-corrected chi connectivity index (χ2v) is 4.19. The van der Waals surface area contributed by atoms with Gasteiger partial charge in [-0.25, -0.2) is 9.97 Å². The topological polar surface area (TPSA) is 25.8 Å². The molecule has 0 radical (unpaired) electrons. The minimum Gasteiger partial charge on any atom is -0.235 e. The number of nitrogens with zero attached hydrogens (tertiary/aromatic N) is 2. The smallest absolute Gasteiger partial charge is 0.140 e. The zero-order valence-electron chi connectivity index (χ0n) is 8.88. The first kappa shape index (κ1) is 12.6. The molecule has 15 heavy (non-hydrogen) atoms. The summed E-state index contributed by atoms with van der Waals surface area (Å²) >= 11 is 8.20. The molecule has 0 N–H and O–H groups in total. The van der Waals surface area contributed by atoms with Crippen LogP contribution in [0.3, 0.4) is 0 Å². The minimum atomic E-state index is 0.517. The van der Waals surface area contributed by atoms with Crippen molar-refractivity contribution in [2.75, 3.05) is 0 Å². The van der Waals surface area contributed by atoms with Crippen molar-refractivity contribution in [3.05, 3.63) is 32.7 Å². The van der Waals surface area contributed by atoms with Crippen molar-refractivity contribution < 1.29 is 0 Å². The van der Waals surface area contributed by atoms with Gasteiger partial charge in [-0.15, -0.1) is 0 Å². The average molecular weight is 335 g/mol. The molecule has 2 nitrogen and oxygen atoms in total. The number of hydrogen-bond acceptors (Lipinski definition) is 2. The lowest BCUT2D eigenvalue weighted by Gasteiger charge is -2.03. The first-order valence-corrected chi connectivity index (χ1v) is 6.21. The molecule has 1 heterocycles.